The molecular weight excluding hydrogens is 350 g/mol. The summed E-state index contributed by atoms with van der Waals surface area (Å²) in [7, 11) is 0. The first-order valence-electron chi connectivity index (χ1n) is 8.73. The zero-order valence-corrected chi connectivity index (χ0v) is 15.6. The molecule has 0 radical (unpaired) electrons. The average Bonchev–Trinajstić information content (AvgIpc) is 3.21. The highest BCUT2D eigenvalue weighted by molar-refractivity contribution is 7.21. The summed E-state index contributed by atoms with van der Waals surface area (Å²) in [6.07, 6.45) is 7.06. The Kier molecular flexibility index (Phi) is 4.72. The summed E-state index contributed by atoms with van der Waals surface area (Å²) in [6.45, 7) is 0.536. The maximum absolute atomic E-state index is 12.6. The molecule has 130 valence electrons. The van der Waals surface area contributed by atoms with Crippen molar-refractivity contribution in [1.82, 2.24) is 10.3 Å². The first-order chi connectivity index (χ1) is 12.2. The van der Waals surface area contributed by atoms with E-state index >= 15 is 0 Å². The van der Waals surface area contributed by atoms with Crippen molar-refractivity contribution in [2.75, 3.05) is 5.73 Å². The van der Waals surface area contributed by atoms with E-state index in [9.17, 15) is 4.79 Å². The minimum atomic E-state index is -0.110. The highest BCUT2D eigenvalue weighted by Crippen LogP contribution is 2.35. The Bertz CT molecular complexity index is 899. The van der Waals surface area contributed by atoms with Crippen LogP contribution in [-0.2, 0) is 19.4 Å². The van der Waals surface area contributed by atoms with E-state index in [1.165, 1.54) is 48.3 Å². The van der Waals surface area contributed by atoms with Crippen LogP contribution in [0.3, 0.4) is 0 Å². The molecule has 0 fully saturated rings. The molecule has 25 heavy (non-hydrogen) atoms. The number of pyridine rings is 1. The number of carbonyl (C=O) groups is 1. The Morgan fingerprint density at radius 2 is 2.08 bits per heavy atom. The maximum atomic E-state index is 12.6. The van der Waals surface area contributed by atoms with Crippen LogP contribution < -0.4 is 11.1 Å². The fourth-order valence-corrected chi connectivity index (χ4v) is 5.00. The molecule has 0 atom stereocenters. The predicted octanol–water partition coefficient (Wildman–Crippen LogP) is 4.53. The lowest BCUT2D eigenvalue weighted by Crippen LogP contribution is -2.22. The van der Waals surface area contributed by atoms with Crippen LogP contribution in [0.4, 0.5) is 5.69 Å². The third-order valence-corrected chi connectivity index (χ3v) is 6.70. The first kappa shape index (κ1) is 16.5. The average molecular weight is 372 g/mol. The van der Waals surface area contributed by atoms with E-state index in [0.717, 1.165) is 27.9 Å². The van der Waals surface area contributed by atoms with E-state index in [2.05, 4.69) is 11.4 Å². The van der Waals surface area contributed by atoms with Gasteiger partial charge in [-0.2, -0.15) is 0 Å². The van der Waals surface area contributed by atoms with Gasteiger partial charge in [0, 0.05) is 16.0 Å². The van der Waals surface area contributed by atoms with E-state index in [0.29, 0.717) is 17.1 Å². The van der Waals surface area contributed by atoms with Crippen molar-refractivity contribution in [2.24, 2.45) is 0 Å². The van der Waals surface area contributed by atoms with E-state index < -0.39 is 0 Å². The highest BCUT2D eigenvalue weighted by atomic mass is 32.1. The molecule has 1 aliphatic rings. The number of thiophene rings is 2. The molecule has 4 rings (SSSR count). The highest BCUT2D eigenvalue weighted by Gasteiger charge is 2.19. The number of aromatic nitrogens is 1. The molecule has 0 spiro atoms. The molecule has 3 aromatic rings. The van der Waals surface area contributed by atoms with Gasteiger partial charge in [0.25, 0.3) is 5.91 Å². The second-order valence-electron chi connectivity index (χ2n) is 6.47. The van der Waals surface area contributed by atoms with Crippen molar-refractivity contribution in [1.29, 1.82) is 0 Å². The van der Waals surface area contributed by atoms with Crippen molar-refractivity contribution in [2.45, 2.75) is 45.1 Å². The summed E-state index contributed by atoms with van der Waals surface area (Å²) >= 11 is 3.04. The molecule has 3 aromatic heterocycles. The van der Waals surface area contributed by atoms with Crippen LogP contribution in [0.25, 0.3) is 10.2 Å². The second kappa shape index (κ2) is 7.14. The van der Waals surface area contributed by atoms with Crippen LogP contribution >= 0.6 is 22.7 Å². The summed E-state index contributed by atoms with van der Waals surface area (Å²) in [4.78, 5) is 20.0. The Morgan fingerprint density at radius 3 is 2.88 bits per heavy atom. The fraction of sp³-hybridized carbons (Fsp3) is 0.368. The zero-order valence-electron chi connectivity index (χ0n) is 14.0. The van der Waals surface area contributed by atoms with Crippen LogP contribution in [0.1, 0.15) is 51.5 Å². The Morgan fingerprint density at radius 1 is 1.24 bits per heavy atom. The lowest BCUT2D eigenvalue weighted by molar-refractivity contribution is 0.0956. The van der Waals surface area contributed by atoms with Crippen LogP contribution in [-0.4, -0.2) is 10.9 Å². The maximum Gasteiger partial charge on any atom is 0.263 e. The number of nitrogen functional groups attached to an aromatic ring is 1. The lowest BCUT2D eigenvalue weighted by Gasteiger charge is -2.12. The molecule has 0 saturated carbocycles. The Labute approximate surface area is 155 Å². The number of anilines is 1. The van der Waals surface area contributed by atoms with Crippen LogP contribution in [0.5, 0.6) is 0 Å². The number of nitrogens with zero attached hydrogens (tertiary/aromatic N) is 1. The summed E-state index contributed by atoms with van der Waals surface area (Å²) in [5.74, 6) is -0.110. The van der Waals surface area contributed by atoms with Crippen LogP contribution in [0.15, 0.2) is 23.6 Å². The fourth-order valence-electron chi connectivity index (χ4n) is 3.34. The standard InChI is InChI=1S/C19H21N3OS2/c20-16-14-10-12-6-3-1-2-4-8-15(12)22-19(14)25-17(16)18(23)21-11-13-7-5-9-24-13/h5,7,9-10H,1-4,6,8,11,20H2,(H,21,23). The third-order valence-electron chi connectivity index (χ3n) is 4.71. The molecule has 0 saturated heterocycles. The zero-order chi connectivity index (χ0) is 17.2. The summed E-state index contributed by atoms with van der Waals surface area (Å²) < 4.78 is 0. The number of rotatable bonds is 3. The van der Waals surface area contributed by atoms with E-state index in [1.54, 1.807) is 11.3 Å². The molecule has 3 heterocycles. The smallest absolute Gasteiger partial charge is 0.263 e. The molecule has 4 nitrogen and oxygen atoms in total. The number of amides is 1. The van der Waals surface area contributed by atoms with Gasteiger partial charge in [-0.25, -0.2) is 4.98 Å². The molecule has 1 aliphatic carbocycles. The van der Waals surface area contributed by atoms with Crippen LogP contribution in [0.2, 0.25) is 0 Å². The number of aryl methyl sites for hydroxylation is 2. The van der Waals surface area contributed by atoms with Crippen LogP contribution in [0, 0.1) is 0 Å². The summed E-state index contributed by atoms with van der Waals surface area (Å²) in [5, 5.41) is 5.91. The van der Waals surface area contributed by atoms with Crippen molar-refractivity contribution < 1.29 is 4.79 Å². The quantitative estimate of drug-likeness (QED) is 0.711. The van der Waals surface area contributed by atoms with E-state index in [4.69, 9.17) is 10.7 Å². The van der Waals surface area contributed by atoms with Gasteiger partial charge in [0.15, 0.2) is 0 Å². The minimum absolute atomic E-state index is 0.110. The van der Waals surface area contributed by atoms with E-state index in [1.807, 2.05) is 17.5 Å². The van der Waals surface area contributed by atoms with Gasteiger partial charge in [0.1, 0.15) is 9.71 Å². The van der Waals surface area contributed by atoms with Crippen molar-refractivity contribution >= 4 is 44.5 Å². The number of carbonyl (C=O) groups excluding carboxylic acids is 1. The Balaban J connectivity index is 1.63. The first-order valence-corrected chi connectivity index (χ1v) is 10.4. The SMILES string of the molecule is Nc1c(C(=O)NCc2cccs2)sc2nc3c(cc12)CCCCCC3. The van der Waals surface area contributed by atoms with Gasteiger partial charge in [-0.15, -0.1) is 22.7 Å². The largest absolute Gasteiger partial charge is 0.397 e. The monoisotopic (exact) mass is 371 g/mol. The van der Waals surface area contributed by atoms with Gasteiger partial charge >= 0.3 is 0 Å². The number of nitrogens with one attached hydrogen (secondary N) is 1. The third kappa shape index (κ3) is 3.41. The molecule has 6 heteroatoms. The van der Waals surface area contributed by atoms with Crippen molar-refractivity contribution in [3.63, 3.8) is 0 Å². The predicted molar refractivity (Wildman–Crippen MR) is 105 cm³/mol. The number of hydrogen-bond donors (Lipinski definition) is 2. The summed E-state index contributed by atoms with van der Waals surface area (Å²) in [6, 6.07) is 6.17. The molecule has 0 aromatic carbocycles. The molecule has 0 unspecified atom stereocenters. The van der Waals surface area contributed by atoms with Crippen molar-refractivity contribution in [3.8, 4) is 0 Å². The lowest BCUT2D eigenvalue weighted by atomic mass is 9.96. The van der Waals surface area contributed by atoms with Gasteiger partial charge in [-0.3, -0.25) is 4.79 Å². The number of nitrogens with two attached hydrogens (primary N) is 1. The van der Waals surface area contributed by atoms with Gasteiger partial charge in [-0.1, -0.05) is 18.9 Å². The van der Waals surface area contributed by atoms with Gasteiger partial charge in [0.05, 0.1) is 12.2 Å². The molecular formula is C19H21N3OS2. The number of fused-ring (bicyclic) bond motifs is 2. The van der Waals surface area contributed by atoms with Gasteiger partial charge < -0.3 is 11.1 Å². The molecule has 0 aliphatic heterocycles. The molecule has 1 amide bonds. The Hall–Kier alpha value is -1.92. The van der Waals surface area contributed by atoms with Gasteiger partial charge in [0.2, 0.25) is 0 Å². The molecule has 0 bridgehead atoms. The summed E-state index contributed by atoms with van der Waals surface area (Å²) in [5.41, 5.74) is 9.38. The number of hydrogen-bond acceptors (Lipinski definition) is 5. The minimum Gasteiger partial charge on any atom is -0.397 e. The topological polar surface area (TPSA) is 68.0 Å². The van der Waals surface area contributed by atoms with Gasteiger partial charge in [-0.05, 0) is 48.8 Å². The van der Waals surface area contributed by atoms with Crippen molar-refractivity contribution in [3.05, 3.63) is 44.6 Å². The normalized spacial score (nSPS) is 14.7. The molecule has 3 N–H and O–H groups in total. The second-order valence-corrected chi connectivity index (χ2v) is 8.50. The van der Waals surface area contributed by atoms with E-state index in [-0.39, 0.29) is 5.91 Å².